The van der Waals surface area contributed by atoms with Gasteiger partial charge in [-0.1, -0.05) is 72.1 Å². The van der Waals surface area contributed by atoms with Gasteiger partial charge in [0.15, 0.2) is 25.2 Å². The Hall–Kier alpha value is -1.93. The minimum Gasteiger partial charge on any atom is -0.460 e. The van der Waals surface area contributed by atoms with Gasteiger partial charge in [0.25, 0.3) is 0 Å². The zero-order valence-corrected chi connectivity index (χ0v) is 51.6. The first-order valence-corrected chi connectivity index (χ1v) is 31.5. The van der Waals surface area contributed by atoms with E-state index in [0.717, 1.165) is 44.1 Å². The second-order valence-corrected chi connectivity index (χ2v) is 28.1. The molecule has 24 heteroatoms. The lowest BCUT2D eigenvalue weighted by Crippen LogP contribution is -2.68. The van der Waals surface area contributed by atoms with Crippen LogP contribution in [0.3, 0.4) is 0 Å². The molecule has 4 aliphatic heterocycles. The Morgan fingerprint density at radius 2 is 1.15 bits per heavy atom. The lowest BCUT2D eigenvalue weighted by molar-refractivity contribution is -0.378. The van der Waals surface area contributed by atoms with Crippen molar-refractivity contribution in [3.63, 3.8) is 0 Å². The SMILES string of the molecule is CCCCC/C=C/C(=O)OC[C@H]1O[C@@H](O[C@H]2[C@H](O[C@H]3CC[C@@]4(C)C(CC[C@]5(C)[C@@H]4C[C@@H](O)[C@@H]4[C@@H]([C@](C)(CCC=C(C)C)O[C@@H]6O[C@H](CO[C@@H]7O[C@H](CO)[C@@H](O)[C@H](O)[C@H]7O)[C@@H](O)[C@H](O)[C@H]6O)CC[C@]45C)C3(C)C)O[C@H](CO)[C@@H](O)[C@@H]2O)[C@H](O)[C@@H](O)[C@@H]1O. The van der Waals surface area contributed by atoms with Crippen LogP contribution in [0.4, 0.5) is 0 Å². The fraction of sp³-hybridized carbons (Fsp3) is 0.919. The average Bonchev–Trinajstić information content (AvgIpc) is 1.23. The normalized spacial score (nSPS) is 48.4. The number of aliphatic hydroxyl groups excluding tert-OH is 14. The van der Waals surface area contributed by atoms with Crippen molar-refractivity contribution in [3.05, 3.63) is 23.8 Å². The quantitative estimate of drug-likeness (QED) is 0.0230. The van der Waals surface area contributed by atoms with Gasteiger partial charge in [-0.3, -0.25) is 0 Å². The summed E-state index contributed by atoms with van der Waals surface area (Å²) in [5.41, 5.74) is -1.70. The first-order valence-electron chi connectivity index (χ1n) is 31.5. The molecule has 0 aromatic rings. The van der Waals surface area contributed by atoms with Gasteiger partial charge < -0.3 is 114 Å². The monoisotopic (exact) mass is 1230 g/mol. The molecule has 496 valence electrons. The molecule has 14 N–H and O–H groups in total. The van der Waals surface area contributed by atoms with Crippen molar-refractivity contribution in [3.8, 4) is 0 Å². The average molecular weight is 1230 g/mol. The third-order valence-electron chi connectivity index (χ3n) is 22.3. The molecule has 8 fully saturated rings. The highest BCUT2D eigenvalue weighted by Crippen LogP contribution is 2.76. The molecule has 0 aromatic carbocycles. The Morgan fingerprint density at radius 3 is 1.78 bits per heavy atom. The Bertz CT molecular complexity index is 2270. The van der Waals surface area contributed by atoms with Crippen LogP contribution in [0.15, 0.2) is 23.8 Å². The highest BCUT2D eigenvalue weighted by Gasteiger charge is 2.72. The Morgan fingerprint density at radius 1 is 0.593 bits per heavy atom. The Kier molecular flexibility index (Phi) is 22.9. The molecule has 0 aromatic heterocycles. The van der Waals surface area contributed by atoms with E-state index in [1.54, 1.807) is 6.08 Å². The van der Waals surface area contributed by atoms with Gasteiger partial charge >= 0.3 is 5.97 Å². The van der Waals surface area contributed by atoms with Crippen LogP contribution in [0, 0.1) is 45.3 Å². The van der Waals surface area contributed by atoms with E-state index in [1.807, 2.05) is 20.8 Å². The van der Waals surface area contributed by atoms with Crippen molar-refractivity contribution in [2.75, 3.05) is 26.4 Å². The van der Waals surface area contributed by atoms with Gasteiger partial charge in [-0.2, -0.15) is 0 Å². The van der Waals surface area contributed by atoms with Gasteiger partial charge in [0.2, 0.25) is 0 Å². The smallest absolute Gasteiger partial charge is 0.330 e. The largest absolute Gasteiger partial charge is 0.460 e. The third-order valence-corrected chi connectivity index (χ3v) is 22.3. The third kappa shape index (κ3) is 13.5. The molecule has 4 saturated heterocycles. The van der Waals surface area contributed by atoms with Crippen LogP contribution in [-0.2, 0) is 47.4 Å². The minimum atomic E-state index is -1.87. The number of unbranched alkanes of at least 4 members (excludes halogenated alkanes) is 3. The molecule has 0 spiro atoms. The summed E-state index contributed by atoms with van der Waals surface area (Å²) in [4.78, 5) is 12.5. The topological polar surface area (TPSA) is 383 Å². The number of aliphatic hydroxyl groups is 14. The molecule has 30 atom stereocenters. The number of hydrogen-bond donors (Lipinski definition) is 14. The van der Waals surface area contributed by atoms with Crippen LogP contribution in [0.2, 0.25) is 0 Å². The molecular formula is C62H104O24. The summed E-state index contributed by atoms with van der Waals surface area (Å²) >= 11 is 0. The van der Waals surface area contributed by atoms with Crippen molar-refractivity contribution >= 4 is 5.97 Å². The fourth-order valence-corrected chi connectivity index (χ4v) is 17.2. The Balaban J connectivity index is 0.982. The molecule has 1 unspecified atom stereocenters. The molecule has 4 aliphatic carbocycles. The van der Waals surface area contributed by atoms with Crippen LogP contribution in [0.25, 0.3) is 0 Å². The van der Waals surface area contributed by atoms with E-state index in [0.29, 0.717) is 44.9 Å². The van der Waals surface area contributed by atoms with Crippen LogP contribution >= 0.6 is 0 Å². The van der Waals surface area contributed by atoms with Crippen LogP contribution in [-0.4, -0.2) is 245 Å². The number of rotatable bonds is 22. The zero-order chi connectivity index (χ0) is 63.2. The van der Waals surface area contributed by atoms with E-state index in [2.05, 4.69) is 47.6 Å². The Labute approximate surface area is 505 Å². The van der Waals surface area contributed by atoms with Crippen LogP contribution in [0.5, 0.6) is 0 Å². The summed E-state index contributed by atoms with van der Waals surface area (Å²) in [6.07, 6.45) is -19.3. The van der Waals surface area contributed by atoms with Crippen molar-refractivity contribution in [1.29, 1.82) is 0 Å². The van der Waals surface area contributed by atoms with E-state index in [-0.39, 0.29) is 34.5 Å². The first-order chi connectivity index (χ1) is 40.4. The van der Waals surface area contributed by atoms with Crippen LogP contribution in [0.1, 0.15) is 146 Å². The van der Waals surface area contributed by atoms with E-state index in [1.165, 1.54) is 6.08 Å². The predicted molar refractivity (Wildman–Crippen MR) is 303 cm³/mol. The summed E-state index contributed by atoms with van der Waals surface area (Å²) in [5, 5.41) is 154. The van der Waals surface area contributed by atoms with Crippen molar-refractivity contribution in [2.24, 2.45) is 45.3 Å². The first kappa shape index (κ1) is 69.9. The maximum Gasteiger partial charge on any atom is 0.330 e. The van der Waals surface area contributed by atoms with Gasteiger partial charge in [-0.05, 0) is 137 Å². The van der Waals surface area contributed by atoms with Gasteiger partial charge in [0, 0.05) is 6.08 Å². The molecule has 0 amide bonds. The zero-order valence-electron chi connectivity index (χ0n) is 51.6. The fourth-order valence-electron chi connectivity index (χ4n) is 17.2. The van der Waals surface area contributed by atoms with E-state index in [4.69, 9.17) is 42.6 Å². The molecule has 24 nitrogen and oxygen atoms in total. The second-order valence-electron chi connectivity index (χ2n) is 28.1. The van der Waals surface area contributed by atoms with Crippen molar-refractivity contribution in [1.82, 2.24) is 0 Å². The molecule has 0 radical (unpaired) electrons. The number of ether oxygens (including phenoxy) is 9. The lowest BCUT2D eigenvalue weighted by atomic mass is 9.35. The van der Waals surface area contributed by atoms with Gasteiger partial charge in [-0.15, -0.1) is 0 Å². The summed E-state index contributed by atoms with van der Waals surface area (Å²) in [6, 6.07) is 0. The highest BCUT2D eigenvalue weighted by molar-refractivity contribution is 5.81. The van der Waals surface area contributed by atoms with Gasteiger partial charge in [0.05, 0.1) is 37.6 Å². The highest BCUT2D eigenvalue weighted by atomic mass is 16.8. The van der Waals surface area contributed by atoms with Crippen molar-refractivity contribution < 1.29 is 119 Å². The van der Waals surface area contributed by atoms with E-state index < -0.39 is 184 Å². The molecule has 8 aliphatic rings. The molecular weight excluding hydrogens is 1130 g/mol. The maximum absolute atomic E-state index is 12.9. The molecule has 0 bridgehead atoms. The number of hydrogen-bond acceptors (Lipinski definition) is 24. The minimum absolute atomic E-state index is 0.0142. The van der Waals surface area contributed by atoms with Crippen molar-refractivity contribution in [2.45, 2.75) is 286 Å². The van der Waals surface area contributed by atoms with Crippen LogP contribution < -0.4 is 0 Å². The summed E-state index contributed by atoms with van der Waals surface area (Å²) in [5.74, 6) is -1.25. The summed E-state index contributed by atoms with van der Waals surface area (Å²) in [7, 11) is 0. The number of allylic oxidation sites excluding steroid dienone is 3. The molecule has 86 heavy (non-hydrogen) atoms. The molecule has 4 heterocycles. The molecule has 8 rings (SSSR count). The lowest BCUT2D eigenvalue weighted by Gasteiger charge is -2.71. The van der Waals surface area contributed by atoms with E-state index in [9.17, 15) is 76.3 Å². The number of carbonyl (C=O) groups excluding carboxylic acids is 1. The predicted octanol–water partition coefficient (Wildman–Crippen LogP) is 0.485. The molecule has 4 saturated carbocycles. The van der Waals surface area contributed by atoms with Gasteiger partial charge in [-0.25, -0.2) is 4.79 Å². The summed E-state index contributed by atoms with van der Waals surface area (Å²) in [6.45, 7) is 16.8. The number of esters is 1. The summed E-state index contributed by atoms with van der Waals surface area (Å²) < 4.78 is 55.0. The standard InChI is InChI=1S/C62H104O24/c1-10-11-12-13-14-17-40(66)78-28-35-44(69)47(72)51(76)55(82-35)85-53-49(74)43(68)34(27-64)81-57(53)84-39-20-22-59(6)37(58(39,4)5)19-24-60(7)38(59)25-32(65)41-31(18-23-61(41,60)8)62(9,21-15-16-30(2)3)86-56-52(77)48(73)45(70)36(83-56)29-79-54-50(75)46(71)42(67)33(26-63)80-54/h14,16-17,31-39,41-57,63-65,67-77H,10-13,15,18-29H2,1-9H3/b17-14+/t31-,32+,33+,34+,35+,36+,37?,38+,39-,41-,42+,43+,44+,45+,46-,47-,48-,49-,50+,51+,52+,53+,54+,55-,56-,57-,59-,60+,61+,62-/m0/s1. The van der Waals surface area contributed by atoms with E-state index >= 15 is 0 Å². The van der Waals surface area contributed by atoms with Gasteiger partial charge in [0.1, 0.15) is 104 Å². The second kappa shape index (κ2) is 28.1. The number of fused-ring (bicyclic) bond motifs is 5. The maximum atomic E-state index is 12.9. The number of carbonyl (C=O) groups is 1.